The molecule has 27 heavy (non-hydrogen) atoms. The minimum absolute atomic E-state index is 0.0780. The maximum absolute atomic E-state index is 11.9. The third kappa shape index (κ3) is 8.20. The van der Waals surface area contributed by atoms with Crippen LogP contribution in [0.3, 0.4) is 0 Å². The van der Waals surface area contributed by atoms with Gasteiger partial charge in [-0.05, 0) is 26.3 Å². The maximum atomic E-state index is 11.9. The molecular weight excluding hydrogens is 426 g/mol. The quantitative estimate of drug-likeness (QED) is 0.538. The average molecular weight is 441 g/mol. The van der Waals surface area contributed by atoms with Gasteiger partial charge in [0.15, 0.2) is 5.03 Å². The second-order valence-corrected chi connectivity index (χ2v) is 8.06. The van der Waals surface area contributed by atoms with Crippen molar-refractivity contribution in [2.75, 3.05) is 0 Å². The van der Waals surface area contributed by atoms with Crippen LogP contribution in [0.15, 0.2) is 17.4 Å². The Bertz CT molecular complexity index is 866. The molecule has 0 radical (unpaired) electrons. The number of rotatable bonds is 3. The van der Waals surface area contributed by atoms with Gasteiger partial charge in [-0.3, -0.25) is 9.36 Å². The highest BCUT2D eigenvalue weighted by Gasteiger charge is 2.30. The SMILES string of the molecule is Cc1cn(CC(F)(F)F)nc1C.Cc1cn(CC(F)(F)F)nc1S(=O)(=O)Cl. The molecule has 0 amide bonds. The summed E-state index contributed by atoms with van der Waals surface area (Å²) < 4.78 is 94.4. The summed E-state index contributed by atoms with van der Waals surface area (Å²) >= 11 is 0. The summed E-state index contributed by atoms with van der Waals surface area (Å²) in [4.78, 5) is 0. The van der Waals surface area contributed by atoms with Gasteiger partial charge >= 0.3 is 12.4 Å². The summed E-state index contributed by atoms with van der Waals surface area (Å²) in [6.07, 6.45) is -6.28. The van der Waals surface area contributed by atoms with E-state index in [1.54, 1.807) is 13.8 Å². The van der Waals surface area contributed by atoms with Crippen molar-refractivity contribution in [2.45, 2.75) is 51.2 Å². The Morgan fingerprint density at radius 3 is 1.59 bits per heavy atom. The van der Waals surface area contributed by atoms with Gasteiger partial charge in [0.1, 0.15) is 13.1 Å². The molecule has 0 fully saturated rings. The number of aryl methyl sites for hydroxylation is 3. The Balaban J connectivity index is 0.000000277. The lowest BCUT2D eigenvalue weighted by Crippen LogP contribution is -2.18. The van der Waals surface area contributed by atoms with Gasteiger partial charge in [-0.2, -0.15) is 36.5 Å². The Kier molecular flexibility index (Phi) is 6.97. The summed E-state index contributed by atoms with van der Waals surface area (Å²) in [5, 5.41) is 6.39. The molecule has 0 N–H and O–H groups in total. The summed E-state index contributed by atoms with van der Waals surface area (Å²) in [6.45, 7) is 2.37. The van der Waals surface area contributed by atoms with Crippen molar-refractivity contribution in [3.8, 4) is 0 Å². The van der Waals surface area contributed by atoms with Crippen molar-refractivity contribution in [3.05, 3.63) is 29.2 Å². The zero-order chi connectivity index (χ0) is 21.2. The maximum Gasteiger partial charge on any atom is 0.408 e. The van der Waals surface area contributed by atoms with Crippen LogP contribution in [-0.4, -0.2) is 40.3 Å². The van der Waals surface area contributed by atoms with Crippen molar-refractivity contribution < 1.29 is 34.8 Å². The van der Waals surface area contributed by atoms with Crippen molar-refractivity contribution in [1.82, 2.24) is 19.6 Å². The van der Waals surface area contributed by atoms with Crippen LogP contribution in [0, 0.1) is 20.8 Å². The third-order valence-corrected chi connectivity index (χ3v) is 4.31. The first-order valence-corrected chi connectivity index (χ1v) is 9.42. The summed E-state index contributed by atoms with van der Waals surface area (Å²) in [7, 11) is 0.868. The smallest absolute Gasteiger partial charge is 0.263 e. The standard InChI is InChI=1S/C7H9F3N2.C6H6ClF3N2O2S/c1-5-3-12(11-6(5)2)4-7(8,9)10;1-4-2-12(3-6(8,9)10)11-5(4)15(7,13)14/h3H,4H2,1-2H3;2H,3H2,1H3. The van der Waals surface area contributed by atoms with Crippen molar-refractivity contribution in [1.29, 1.82) is 0 Å². The molecule has 2 aromatic heterocycles. The zero-order valence-electron chi connectivity index (χ0n) is 14.2. The lowest BCUT2D eigenvalue weighted by Gasteiger charge is -2.04. The Morgan fingerprint density at radius 1 is 0.889 bits per heavy atom. The summed E-state index contributed by atoms with van der Waals surface area (Å²) in [5.41, 5.74) is 1.49. The number of hydrogen-bond acceptors (Lipinski definition) is 4. The molecule has 2 rings (SSSR count). The van der Waals surface area contributed by atoms with Crippen LogP contribution < -0.4 is 0 Å². The van der Waals surface area contributed by atoms with Gasteiger partial charge in [0, 0.05) is 28.6 Å². The van der Waals surface area contributed by atoms with E-state index in [1.165, 1.54) is 13.1 Å². The second-order valence-electron chi connectivity index (χ2n) is 5.58. The van der Waals surface area contributed by atoms with E-state index >= 15 is 0 Å². The Labute approximate surface area is 155 Å². The molecule has 0 aliphatic heterocycles. The molecule has 0 saturated heterocycles. The molecule has 2 aromatic rings. The molecule has 0 aliphatic rings. The van der Waals surface area contributed by atoms with Crippen LogP contribution in [-0.2, 0) is 22.1 Å². The molecular formula is C13H15ClF6N4O2S. The van der Waals surface area contributed by atoms with E-state index in [0.717, 1.165) is 16.4 Å². The molecule has 0 unspecified atom stereocenters. The minimum atomic E-state index is -4.45. The van der Waals surface area contributed by atoms with E-state index in [-0.39, 0.29) is 5.56 Å². The van der Waals surface area contributed by atoms with Gasteiger partial charge < -0.3 is 0 Å². The van der Waals surface area contributed by atoms with Crippen LogP contribution in [0.5, 0.6) is 0 Å². The lowest BCUT2D eigenvalue weighted by atomic mass is 10.3. The highest BCUT2D eigenvalue weighted by Crippen LogP contribution is 2.21. The van der Waals surface area contributed by atoms with Crippen LogP contribution in [0.1, 0.15) is 16.8 Å². The summed E-state index contributed by atoms with van der Waals surface area (Å²) in [6, 6.07) is 0. The van der Waals surface area contributed by atoms with Gasteiger partial charge in [0.25, 0.3) is 9.05 Å². The van der Waals surface area contributed by atoms with E-state index in [0.29, 0.717) is 10.4 Å². The van der Waals surface area contributed by atoms with Crippen LogP contribution in [0.4, 0.5) is 26.3 Å². The number of hydrogen-bond donors (Lipinski definition) is 0. The highest BCUT2D eigenvalue weighted by atomic mass is 35.7. The molecule has 14 heteroatoms. The fourth-order valence-electron chi connectivity index (χ4n) is 1.89. The largest absolute Gasteiger partial charge is 0.408 e. The molecule has 0 aromatic carbocycles. The summed E-state index contributed by atoms with van der Waals surface area (Å²) in [5.74, 6) is 0. The number of alkyl halides is 6. The molecule has 154 valence electrons. The lowest BCUT2D eigenvalue weighted by molar-refractivity contribution is -0.143. The Morgan fingerprint density at radius 2 is 1.30 bits per heavy atom. The first-order valence-electron chi connectivity index (χ1n) is 7.11. The molecule has 0 saturated carbocycles. The average Bonchev–Trinajstić information content (AvgIpc) is 2.89. The molecule has 0 spiro atoms. The molecule has 0 aliphatic carbocycles. The predicted molar refractivity (Wildman–Crippen MR) is 83.8 cm³/mol. The third-order valence-electron chi connectivity index (χ3n) is 3.00. The van der Waals surface area contributed by atoms with E-state index < -0.39 is 39.5 Å². The van der Waals surface area contributed by atoms with Crippen LogP contribution in [0.25, 0.3) is 0 Å². The molecule has 6 nitrogen and oxygen atoms in total. The van der Waals surface area contributed by atoms with Gasteiger partial charge in [0.2, 0.25) is 0 Å². The Hall–Kier alpha value is -1.76. The first-order chi connectivity index (χ1) is 12.0. The highest BCUT2D eigenvalue weighted by molar-refractivity contribution is 8.13. The van der Waals surface area contributed by atoms with E-state index in [2.05, 4.69) is 10.2 Å². The second kappa shape index (κ2) is 8.09. The number of halogens is 7. The molecule has 0 bridgehead atoms. The first kappa shape index (κ1) is 23.3. The fraction of sp³-hybridized carbons (Fsp3) is 0.538. The monoisotopic (exact) mass is 440 g/mol. The van der Waals surface area contributed by atoms with Gasteiger partial charge in [0.05, 0.1) is 5.69 Å². The van der Waals surface area contributed by atoms with E-state index in [1.807, 2.05) is 0 Å². The van der Waals surface area contributed by atoms with Crippen LogP contribution >= 0.6 is 10.7 Å². The molecule has 2 heterocycles. The normalized spacial score (nSPS) is 12.7. The molecule has 0 atom stereocenters. The van der Waals surface area contributed by atoms with Gasteiger partial charge in [-0.15, -0.1) is 0 Å². The zero-order valence-corrected chi connectivity index (χ0v) is 15.8. The van der Waals surface area contributed by atoms with Gasteiger partial charge in [-0.25, -0.2) is 8.42 Å². The minimum Gasteiger partial charge on any atom is -0.263 e. The van der Waals surface area contributed by atoms with Crippen molar-refractivity contribution in [3.63, 3.8) is 0 Å². The van der Waals surface area contributed by atoms with E-state index in [9.17, 15) is 34.8 Å². The van der Waals surface area contributed by atoms with E-state index in [4.69, 9.17) is 10.7 Å². The number of nitrogens with zero attached hydrogens (tertiary/aromatic N) is 4. The number of aromatic nitrogens is 4. The van der Waals surface area contributed by atoms with Crippen molar-refractivity contribution in [2.24, 2.45) is 0 Å². The fourth-order valence-corrected chi connectivity index (χ4v) is 2.99. The van der Waals surface area contributed by atoms with Gasteiger partial charge in [-0.1, -0.05) is 0 Å². The topological polar surface area (TPSA) is 69.8 Å². The predicted octanol–water partition coefficient (Wildman–Crippen LogP) is 3.74. The van der Waals surface area contributed by atoms with Crippen LogP contribution in [0.2, 0.25) is 0 Å². The van der Waals surface area contributed by atoms with Crippen molar-refractivity contribution >= 4 is 19.7 Å².